The molecule has 1 aromatic rings. The van der Waals surface area contributed by atoms with E-state index >= 15 is 0 Å². The van der Waals surface area contributed by atoms with Crippen LogP contribution in [0.3, 0.4) is 0 Å². The van der Waals surface area contributed by atoms with Gasteiger partial charge in [-0.15, -0.1) is 23.1 Å². The molecule has 1 aromatic heterocycles. The summed E-state index contributed by atoms with van der Waals surface area (Å²) in [5.74, 6) is -2.27. The lowest BCUT2D eigenvalue weighted by molar-refractivity contribution is -0.150. The summed E-state index contributed by atoms with van der Waals surface area (Å²) in [7, 11) is 0. The number of aliphatic carboxylic acids is 1. The third-order valence-electron chi connectivity index (χ3n) is 7.49. The molecule has 1 saturated heterocycles. The summed E-state index contributed by atoms with van der Waals surface area (Å²) in [6, 6.07) is 0.801. The highest BCUT2D eigenvalue weighted by atomic mass is 32.2. The fourth-order valence-electron chi connectivity index (χ4n) is 5.49. The first-order valence-electron chi connectivity index (χ1n) is 13.4. The number of nitrogens with zero attached hydrogens (tertiary/aromatic N) is 3. The molecule has 4 aliphatic rings. The minimum absolute atomic E-state index is 0.0764. The summed E-state index contributed by atoms with van der Waals surface area (Å²) in [6.45, 7) is 3.56. The topological polar surface area (TPSA) is 170 Å². The monoisotopic (exact) mass is 576 g/mol. The van der Waals surface area contributed by atoms with E-state index in [0.29, 0.717) is 11.3 Å². The van der Waals surface area contributed by atoms with Crippen LogP contribution in [-0.4, -0.2) is 72.9 Å². The Labute approximate surface area is 236 Å². The average Bonchev–Trinajstić information content (AvgIpc) is 3.38. The maximum absolute atomic E-state index is 12.4. The third kappa shape index (κ3) is 6.82. The number of nitrogens with two attached hydrogens (primary N) is 1. The van der Waals surface area contributed by atoms with Crippen LogP contribution in [0.15, 0.2) is 34.5 Å². The fraction of sp³-hybridized carbons (Fsp3) is 0.577. The first-order valence-corrected chi connectivity index (χ1v) is 15.3. The fourth-order valence-corrected chi connectivity index (χ4v) is 7.38. The number of β-lactam (4-membered cyclic amide) rings is 1. The van der Waals surface area contributed by atoms with Crippen LogP contribution < -0.4 is 16.4 Å². The van der Waals surface area contributed by atoms with Gasteiger partial charge in [-0.3, -0.25) is 14.5 Å². The number of amides is 2. The number of anilines is 1. The van der Waals surface area contributed by atoms with E-state index < -0.39 is 29.2 Å². The number of thiazole rings is 1. The molecule has 3 heterocycles. The number of nitrogens with one attached hydrogen (secondary N) is 2. The van der Waals surface area contributed by atoms with Crippen molar-refractivity contribution in [2.75, 3.05) is 11.5 Å². The number of carbonyl (C=O) groups is 3. The average molecular weight is 577 g/mol. The van der Waals surface area contributed by atoms with Crippen molar-refractivity contribution in [2.24, 2.45) is 5.16 Å². The largest absolute Gasteiger partial charge is 0.477 e. The van der Waals surface area contributed by atoms with Crippen molar-refractivity contribution in [3.05, 3.63) is 35.0 Å². The molecule has 11 nitrogen and oxygen atoms in total. The van der Waals surface area contributed by atoms with Gasteiger partial charge in [0.1, 0.15) is 22.8 Å². The van der Waals surface area contributed by atoms with E-state index in [9.17, 15) is 19.5 Å². The van der Waals surface area contributed by atoms with E-state index in [1.165, 1.54) is 87.4 Å². The van der Waals surface area contributed by atoms with E-state index in [-0.39, 0.29) is 22.2 Å². The molecule has 39 heavy (non-hydrogen) atoms. The van der Waals surface area contributed by atoms with Crippen LogP contribution in [0.4, 0.5) is 5.13 Å². The SMILES string of the molecule is C1CCC(NC2CCCCC2)CC1.C=CC1=C(C(=O)O)N2C(=O)C(NC(=O)/C(=N\O)c3csc(N)n3)[C@H]2SC1. The molecular weight excluding hydrogens is 540 g/mol. The van der Waals surface area contributed by atoms with Gasteiger partial charge in [-0.25, -0.2) is 9.78 Å². The minimum atomic E-state index is -1.24. The molecule has 212 valence electrons. The minimum Gasteiger partial charge on any atom is -0.477 e. The van der Waals surface area contributed by atoms with E-state index in [4.69, 9.17) is 10.9 Å². The molecule has 2 atom stereocenters. The molecule has 3 fully saturated rings. The van der Waals surface area contributed by atoms with Gasteiger partial charge >= 0.3 is 5.97 Å². The number of aromatic nitrogens is 1. The van der Waals surface area contributed by atoms with Crippen LogP contribution in [0.25, 0.3) is 0 Å². The Bertz CT molecular complexity index is 1120. The molecule has 2 amide bonds. The van der Waals surface area contributed by atoms with Crippen LogP contribution in [0.5, 0.6) is 0 Å². The normalized spacial score (nSPS) is 24.3. The van der Waals surface area contributed by atoms with Crippen molar-refractivity contribution >= 4 is 51.7 Å². The van der Waals surface area contributed by atoms with E-state index in [1.54, 1.807) is 0 Å². The van der Waals surface area contributed by atoms with Gasteiger partial charge in [0.2, 0.25) is 0 Å². The van der Waals surface area contributed by atoms with Gasteiger partial charge in [-0.1, -0.05) is 56.3 Å². The molecule has 6 N–H and O–H groups in total. The highest BCUT2D eigenvalue weighted by Gasteiger charge is 2.54. The number of carbonyl (C=O) groups excluding carboxylic acids is 2. The van der Waals surface area contributed by atoms with Crippen molar-refractivity contribution in [3.8, 4) is 0 Å². The summed E-state index contributed by atoms with van der Waals surface area (Å²) < 4.78 is 0. The van der Waals surface area contributed by atoms with Gasteiger partial charge in [0.05, 0.1) is 0 Å². The molecule has 1 unspecified atom stereocenters. The molecule has 0 radical (unpaired) electrons. The van der Waals surface area contributed by atoms with Crippen molar-refractivity contribution in [3.63, 3.8) is 0 Å². The van der Waals surface area contributed by atoms with Crippen LogP contribution in [0.1, 0.15) is 69.9 Å². The molecule has 13 heteroatoms. The van der Waals surface area contributed by atoms with Crippen molar-refractivity contribution in [1.82, 2.24) is 20.5 Å². The molecule has 5 rings (SSSR count). The second-order valence-corrected chi connectivity index (χ2v) is 12.1. The molecule has 2 saturated carbocycles. The van der Waals surface area contributed by atoms with Crippen molar-refractivity contribution in [1.29, 1.82) is 0 Å². The van der Waals surface area contributed by atoms with Crippen LogP contribution in [0.2, 0.25) is 0 Å². The summed E-state index contributed by atoms with van der Waals surface area (Å²) in [4.78, 5) is 41.2. The predicted molar refractivity (Wildman–Crippen MR) is 152 cm³/mol. The van der Waals surface area contributed by atoms with E-state index in [1.807, 2.05) is 0 Å². The number of carboxylic acid groups (broad SMARTS) is 1. The van der Waals surface area contributed by atoms with Gasteiger partial charge < -0.3 is 26.7 Å². The van der Waals surface area contributed by atoms with Gasteiger partial charge in [0.15, 0.2) is 10.8 Å². The molecule has 0 bridgehead atoms. The number of rotatable bonds is 7. The quantitative estimate of drug-likeness (QED) is 0.142. The third-order valence-corrected chi connectivity index (χ3v) is 9.47. The van der Waals surface area contributed by atoms with Crippen LogP contribution in [0, 0.1) is 0 Å². The Morgan fingerprint density at radius 1 is 1.13 bits per heavy atom. The molecular formula is C26H36N6O5S2. The molecule has 2 aliphatic carbocycles. The lowest BCUT2D eigenvalue weighted by Crippen LogP contribution is -2.71. The summed E-state index contributed by atoms with van der Waals surface area (Å²) in [6.07, 6.45) is 16.0. The lowest BCUT2D eigenvalue weighted by Gasteiger charge is -2.49. The van der Waals surface area contributed by atoms with Gasteiger partial charge in [0, 0.05) is 23.2 Å². The zero-order valence-corrected chi connectivity index (χ0v) is 23.4. The number of carboxylic acids is 1. The molecule has 0 aromatic carbocycles. The standard InChI is InChI=1S/C14H13N5O5S2.C12H23N/c1-2-5-3-25-12-8(11(21)19(12)9(5)13(22)23)17-10(20)7(18-24)6-4-26-14(15)16-6;1-3-7-11(8-4-1)13-12-9-5-2-6-10-12/h2,4,8,12,24H,1,3H2,(H2,15,16)(H,17,20)(H,22,23);11-13H,1-10H2/b18-7-;/t8?,12-;/m1./s1. The first kappa shape index (κ1) is 29.1. The predicted octanol–water partition coefficient (Wildman–Crippen LogP) is 3.07. The number of nitrogen functional groups attached to an aromatic ring is 1. The van der Waals surface area contributed by atoms with Crippen molar-refractivity contribution in [2.45, 2.75) is 87.7 Å². The number of thioether (sulfide) groups is 1. The van der Waals surface area contributed by atoms with E-state index in [0.717, 1.165) is 28.3 Å². The van der Waals surface area contributed by atoms with Gasteiger partial charge in [-0.05, 0) is 31.3 Å². The Balaban J connectivity index is 0.000000226. The first-order chi connectivity index (χ1) is 18.8. The second-order valence-electron chi connectivity index (χ2n) is 10.1. The highest BCUT2D eigenvalue weighted by Crippen LogP contribution is 2.40. The number of allylic oxidation sites excluding steroid dienone is 1. The number of hydrogen-bond acceptors (Lipinski definition) is 10. The summed E-state index contributed by atoms with van der Waals surface area (Å²) in [5.41, 5.74) is 5.49. The number of fused-ring (bicyclic) bond motifs is 1. The van der Waals surface area contributed by atoms with Gasteiger partial charge in [0.25, 0.3) is 11.8 Å². The van der Waals surface area contributed by atoms with Crippen molar-refractivity contribution < 1.29 is 24.7 Å². The van der Waals surface area contributed by atoms with E-state index in [2.05, 4.69) is 27.4 Å². The number of oxime groups is 1. The maximum atomic E-state index is 12.4. The zero-order valence-electron chi connectivity index (χ0n) is 21.8. The molecule has 0 spiro atoms. The summed E-state index contributed by atoms with van der Waals surface area (Å²) >= 11 is 2.37. The summed E-state index contributed by atoms with van der Waals surface area (Å²) in [5, 5.41) is 28.8. The molecule has 2 aliphatic heterocycles. The zero-order chi connectivity index (χ0) is 27.9. The number of hydrogen-bond donors (Lipinski definition) is 5. The Morgan fingerprint density at radius 3 is 2.23 bits per heavy atom. The maximum Gasteiger partial charge on any atom is 0.352 e. The Kier molecular flexibility index (Phi) is 10.0. The Morgan fingerprint density at radius 2 is 1.74 bits per heavy atom. The second kappa shape index (κ2) is 13.4. The Hall–Kier alpha value is -2.90. The smallest absolute Gasteiger partial charge is 0.352 e. The highest BCUT2D eigenvalue weighted by molar-refractivity contribution is 8.00. The lowest BCUT2D eigenvalue weighted by atomic mass is 9.91. The van der Waals surface area contributed by atoms with Crippen LogP contribution in [-0.2, 0) is 14.4 Å². The van der Waals surface area contributed by atoms with Gasteiger partial charge in [-0.2, -0.15) is 0 Å². The van der Waals surface area contributed by atoms with Crippen LogP contribution >= 0.6 is 23.1 Å².